The Balaban J connectivity index is 2.24. The first-order valence-corrected chi connectivity index (χ1v) is 3.51. The molecule has 0 bridgehead atoms. The number of piperidine rings is 1. The highest BCUT2D eigenvalue weighted by Crippen LogP contribution is 2.14. The zero-order valence-electron chi connectivity index (χ0n) is 7.56. The van der Waals surface area contributed by atoms with Gasteiger partial charge in [-0.15, -0.1) is 0 Å². The second-order valence-corrected chi connectivity index (χ2v) is 2.56. The Morgan fingerprint density at radius 1 is 1.56 bits per heavy atom. The van der Waals surface area contributed by atoms with Crippen LogP contribution in [0.25, 0.3) is 0 Å². The minimum Gasteiger partial charge on any atom is -0.396 e. The molecule has 2 nitrogen and oxygen atoms in total. The molecule has 1 saturated heterocycles. The molecule has 2 heteroatoms. The maximum Gasteiger partial charge on any atom is 0.0564 e. The Bertz CT molecular complexity index is 118. The van der Waals surface area contributed by atoms with Crippen LogP contribution in [-0.4, -0.2) is 24.8 Å². The van der Waals surface area contributed by atoms with Gasteiger partial charge < -0.3 is 10.4 Å². The third-order valence-corrected chi connectivity index (χ3v) is 1.84. The molecule has 9 heavy (non-hydrogen) atoms. The fourth-order valence-corrected chi connectivity index (χ4v) is 1.21. The van der Waals surface area contributed by atoms with Crippen molar-refractivity contribution in [3.05, 3.63) is 0 Å². The van der Waals surface area contributed by atoms with Crippen molar-refractivity contribution in [2.75, 3.05) is 19.6 Å². The third-order valence-electron chi connectivity index (χ3n) is 1.84. The van der Waals surface area contributed by atoms with Crippen molar-refractivity contribution in [1.82, 2.24) is 5.32 Å². The summed E-state index contributed by atoms with van der Waals surface area (Å²) < 4.78 is 13.9. The van der Waals surface area contributed by atoms with Gasteiger partial charge >= 0.3 is 0 Å². The summed E-state index contributed by atoms with van der Waals surface area (Å²) in [5.41, 5.74) is 0. The predicted molar refractivity (Wildman–Crippen MR) is 37.3 cm³/mol. The molecule has 1 heterocycles. The summed E-state index contributed by atoms with van der Waals surface area (Å²) in [6.07, 6.45) is 2.26. The summed E-state index contributed by atoms with van der Waals surface area (Å²) in [5.74, 6) is 0.358. The highest BCUT2D eigenvalue weighted by Gasteiger charge is 2.10. The molecular weight excluding hydrogens is 114 g/mol. The zero-order chi connectivity index (χ0) is 8.32. The largest absolute Gasteiger partial charge is 0.396 e. The topological polar surface area (TPSA) is 32.3 Å². The van der Waals surface area contributed by atoms with Gasteiger partial charge in [-0.25, -0.2) is 0 Å². The molecule has 1 fully saturated rings. The van der Waals surface area contributed by atoms with E-state index in [0.717, 1.165) is 25.9 Å². The Hall–Kier alpha value is -0.0800. The third kappa shape index (κ3) is 2.33. The van der Waals surface area contributed by atoms with Crippen molar-refractivity contribution in [3.8, 4) is 0 Å². The van der Waals surface area contributed by atoms with Gasteiger partial charge in [0.25, 0.3) is 0 Å². The smallest absolute Gasteiger partial charge is 0.0564 e. The molecule has 54 valence electrons. The molecule has 0 aliphatic carbocycles. The summed E-state index contributed by atoms with van der Waals surface area (Å²) in [6.45, 7) is -0.0521. The fraction of sp³-hybridized carbons (Fsp3) is 1.00. The van der Waals surface area contributed by atoms with E-state index in [9.17, 15) is 0 Å². The van der Waals surface area contributed by atoms with E-state index in [-0.39, 0.29) is 6.42 Å². The van der Waals surface area contributed by atoms with Crippen molar-refractivity contribution in [2.45, 2.75) is 19.3 Å². The molecule has 1 rings (SSSR count). The van der Waals surface area contributed by atoms with E-state index in [1.54, 1.807) is 0 Å². The van der Waals surface area contributed by atoms with Gasteiger partial charge in [-0.1, -0.05) is 0 Å². The van der Waals surface area contributed by atoms with Gasteiger partial charge in [0.05, 0.1) is 2.74 Å². The summed E-state index contributed by atoms with van der Waals surface area (Å²) in [7, 11) is 0. The van der Waals surface area contributed by atoms with Gasteiger partial charge in [0.2, 0.25) is 0 Å². The van der Waals surface area contributed by atoms with E-state index >= 15 is 0 Å². The van der Waals surface area contributed by atoms with Crippen molar-refractivity contribution < 1.29 is 7.85 Å². The van der Waals surface area contributed by atoms with Crippen LogP contribution < -0.4 is 5.32 Å². The van der Waals surface area contributed by atoms with Crippen molar-refractivity contribution in [2.24, 2.45) is 5.92 Å². The quantitative estimate of drug-likeness (QED) is 0.567. The second-order valence-electron chi connectivity index (χ2n) is 2.56. The van der Waals surface area contributed by atoms with E-state index in [0.29, 0.717) is 5.92 Å². The molecule has 0 aromatic rings. The molecule has 0 unspecified atom stereocenters. The SMILES string of the molecule is [2H]C([2H])(O)CC1CCNCC1. The average molecular weight is 131 g/mol. The van der Waals surface area contributed by atoms with Gasteiger partial charge in [-0.2, -0.15) is 0 Å². The van der Waals surface area contributed by atoms with Gasteiger partial charge in [-0.05, 0) is 38.3 Å². The highest BCUT2D eigenvalue weighted by molar-refractivity contribution is 4.67. The molecular formula is C7H15NO. The first kappa shape index (κ1) is 4.69. The Kier molecular flexibility index (Phi) is 2.01. The van der Waals surface area contributed by atoms with E-state index in [1.165, 1.54) is 0 Å². The van der Waals surface area contributed by atoms with Crippen LogP contribution in [0.4, 0.5) is 0 Å². The monoisotopic (exact) mass is 131 g/mol. The number of nitrogens with one attached hydrogen (secondary N) is 1. The van der Waals surface area contributed by atoms with Crippen LogP contribution in [0.3, 0.4) is 0 Å². The Labute approximate surface area is 59.1 Å². The lowest BCUT2D eigenvalue weighted by Crippen LogP contribution is -2.28. The van der Waals surface area contributed by atoms with E-state index < -0.39 is 6.56 Å². The zero-order valence-corrected chi connectivity index (χ0v) is 5.56. The van der Waals surface area contributed by atoms with Gasteiger partial charge in [0.15, 0.2) is 0 Å². The van der Waals surface area contributed by atoms with Crippen LogP contribution in [-0.2, 0) is 0 Å². The predicted octanol–water partition coefficient (Wildman–Crippen LogP) is 0.368. The maximum atomic E-state index is 8.88. The lowest BCUT2D eigenvalue weighted by molar-refractivity contribution is 0.235. The number of rotatable bonds is 2. The molecule has 0 aromatic carbocycles. The minimum atomic E-state index is -1.97. The first-order valence-electron chi connectivity index (χ1n) is 4.51. The van der Waals surface area contributed by atoms with Crippen LogP contribution in [0.2, 0.25) is 0 Å². The number of aliphatic hydroxyl groups is 1. The summed E-state index contributed by atoms with van der Waals surface area (Å²) in [6, 6.07) is 0. The Morgan fingerprint density at radius 2 is 2.22 bits per heavy atom. The van der Waals surface area contributed by atoms with Gasteiger partial charge in [0.1, 0.15) is 0 Å². The van der Waals surface area contributed by atoms with Crippen LogP contribution in [0, 0.1) is 5.92 Å². The standard InChI is InChI=1S/C7H15NO/c9-6-3-7-1-4-8-5-2-7/h7-9H,1-6H2/i6D2. The summed E-state index contributed by atoms with van der Waals surface area (Å²) >= 11 is 0. The molecule has 0 radical (unpaired) electrons. The van der Waals surface area contributed by atoms with E-state index in [1.807, 2.05) is 0 Å². The fourth-order valence-electron chi connectivity index (χ4n) is 1.21. The van der Waals surface area contributed by atoms with Crippen molar-refractivity contribution in [1.29, 1.82) is 0 Å². The summed E-state index contributed by atoms with van der Waals surface area (Å²) in [4.78, 5) is 0. The van der Waals surface area contributed by atoms with Crippen molar-refractivity contribution >= 4 is 0 Å². The second kappa shape index (κ2) is 3.85. The Morgan fingerprint density at radius 3 is 2.78 bits per heavy atom. The van der Waals surface area contributed by atoms with Gasteiger partial charge in [-0.3, -0.25) is 0 Å². The molecule has 1 aliphatic heterocycles. The average Bonchev–Trinajstić information content (AvgIpc) is 1.85. The van der Waals surface area contributed by atoms with Crippen LogP contribution >= 0.6 is 0 Å². The first-order chi connectivity index (χ1) is 5.08. The van der Waals surface area contributed by atoms with Crippen LogP contribution in [0.5, 0.6) is 0 Å². The highest BCUT2D eigenvalue weighted by atomic mass is 16.3. The maximum absolute atomic E-state index is 8.88. The summed E-state index contributed by atoms with van der Waals surface area (Å²) in [5, 5.41) is 12.1. The molecule has 0 atom stereocenters. The van der Waals surface area contributed by atoms with Crippen LogP contribution in [0.15, 0.2) is 0 Å². The molecule has 0 spiro atoms. The molecule has 2 N–H and O–H groups in total. The number of hydrogen-bond acceptors (Lipinski definition) is 2. The minimum absolute atomic E-state index is 0.286. The lowest BCUT2D eigenvalue weighted by atomic mass is 9.95. The van der Waals surface area contributed by atoms with Gasteiger partial charge in [0, 0.05) is 6.56 Å². The van der Waals surface area contributed by atoms with E-state index in [2.05, 4.69) is 5.32 Å². The normalized spacial score (nSPS) is 27.2. The van der Waals surface area contributed by atoms with E-state index in [4.69, 9.17) is 7.85 Å². The molecule has 0 aromatic heterocycles. The van der Waals surface area contributed by atoms with Crippen LogP contribution in [0.1, 0.15) is 22.0 Å². The number of hydrogen-bond donors (Lipinski definition) is 2. The molecule has 1 aliphatic rings. The lowest BCUT2D eigenvalue weighted by Gasteiger charge is -2.21. The molecule has 0 amide bonds. The van der Waals surface area contributed by atoms with Crippen molar-refractivity contribution in [3.63, 3.8) is 0 Å². The molecule has 0 saturated carbocycles.